The maximum absolute atomic E-state index is 5.42. The van der Waals surface area contributed by atoms with E-state index in [1.807, 2.05) is 19.1 Å². The summed E-state index contributed by atoms with van der Waals surface area (Å²) in [4.78, 5) is 4.62. The van der Waals surface area contributed by atoms with Crippen LogP contribution in [0.3, 0.4) is 0 Å². The lowest BCUT2D eigenvalue weighted by Crippen LogP contribution is -2.15. The van der Waals surface area contributed by atoms with Crippen LogP contribution in [0.4, 0.5) is 5.69 Å². The second kappa shape index (κ2) is 5.08. The van der Waals surface area contributed by atoms with Gasteiger partial charge in [0.1, 0.15) is 11.3 Å². The van der Waals surface area contributed by atoms with Gasteiger partial charge in [-0.15, -0.1) is 0 Å². The summed E-state index contributed by atoms with van der Waals surface area (Å²) in [6, 6.07) is 8.85. The summed E-state index contributed by atoms with van der Waals surface area (Å²) in [6.45, 7) is 2.03. The molecule has 1 aliphatic rings. The Labute approximate surface area is 114 Å². The van der Waals surface area contributed by atoms with Crippen molar-refractivity contribution in [3.8, 4) is 5.75 Å². The number of ether oxygens (including phenoxy) is 1. The summed E-state index contributed by atoms with van der Waals surface area (Å²) < 4.78 is 5.42. The number of anilines is 1. The highest BCUT2D eigenvalue weighted by Crippen LogP contribution is 2.32. The second-order valence-electron chi connectivity index (χ2n) is 5.29. The van der Waals surface area contributed by atoms with Crippen LogP contribution in [0.25, 0.3) is 10.9 Å². The largest absolute Gasteiger partial charge is 0.494 e. The number of benzene rings is 1. The molecule has 0 atom stereocenters. The number of hydrogen-bond donors (Lipinski definition) is 1. The Hall–Kier alpha value is -1.77. The standard InChI is InChI=1S/C16H20N2O/c1-11-10-14(18-12-6-3-4-7-12)13-8-5-9-15(19-2)16(13)17-11/h5,8-10,12H,3-4,6-7H2,1-2H3,(H,17,18). The van der Waals surface area contributed by atoms with Crippen molar-refractivity contribution < 1.29 is 4.74 Å². The monoisotopic (exact) mass is 256 g/mol. The molecule has 3 nitrogen and oxygen atoms in total. The first kappa shape index (κ1) is 12.3. The first-order valence-corrected chi connectivity index (χ1v) is 6.99. The number of fused-ring (bicyclic) bond motifs is 1. The third-order valence-corrected chi connectivity index (χ3v) is 3.87. The predicted molar refractivity (Wildman–Crippen MR) is 78.9 cm³/mol. The summed E-state index contributed by atoms with van der Waals surface area (Å²) in [6.07, 6.45) is 5.21. The lowest BCUT2D eigenvalue weighted by Gasteiger charge is -2.17. The molecule has 1 N–H and O–H groups in total. The van der Waals surface area contributed by atoms with Crippen molar-refractivity contribution in [2.45, 2.75) is 38.6 Å². The van der Waals surface area contributed by atoms with Crippen LogP contribution in [-0.2, 0) is 0 Å². The molecule has 1 aliphatic carbocycles. The van der Waals surface area contributed by atoms with Crippen LogP contribution >= 0.6 is 0 Å². The zero-order valence-corrected chi connectivity index (χ0v) is 11.6. The van der Waals surface area contributed by atoms with E-state index in [1.54, 1.807) is 7.11 Å². The molecule has 2 aromatic rings. The third kappa shape index (κ3) is 2.37. The molecule has 1 fully saturated rings. The molecule has 100 valence electrons. The fourth-order valence-corrected chi connectivity index (χ4v) is 2.92. The van der Waals surface area contributed by atoms with E-state index in [4.69, 9.17) is 4.74 Å². The minimum atomic E-state index is 0.608. The Morgan fingerprint density at radius 3 is 2.79 bits per heavy atom. The fourth-order valence-electron chi connectivity index (χ4n) is 2.92. The molecular weight excluding hydrogens is 236 g/mol. The van der Waals surface area contributed by atoms with Crippen molar-refractivity contribution in [1.29, 1.82) is 0 Å². The first-order chi connectivity index (χ1) is 9.28. The van der Waals surface area contributed by atoms with Crippen molar-refractivity contribution in [3.63, 3.8) is 0 Å². The number of pyridine rings is 1. The number of nitrogens with zero attached hydrogens (tertiary/aromatic N) is 1. The molecule has 0 aliphatic heterocycles. The molecule has 3 heteroatoms. The van der Waals surface area contributed by atoms with Crippen molar-refractivity contribution in [2.24, 2.45) is 0 Å². The van der Waals surface area contributed by atoms with Gasteiger partial charge in [0.2, 0.25) is 0 Å². The number of methoxy groups -OCH3 is 1. The van der Waals surface area contributed by atoms with Crippen molar-refractivity contribution in [1.82, 2.24) is 4.98 Å². The topological polar surface area (TPSA) is 34.1 Å². The number of aryl methyl sites for hydroxylation is 1. The van der Waals surface area contributed by atoms with Crippen LogP contribution in [0, 0.1) is 6.92 Å². The van der Waals surface area contributed by atoms with Gasteiger partial charge in [0.25, 0.3) is 0 Å². The van der Waals surface area contributed by atoms with Crippen LogP contribution in [0.2, 0.25) is 0 Å². The SMILES string of the molecule is COc1cccc2c(NC3CCCC3)cc(C)nc12. The van der Waals surface area contributed by atoms with Gasteiger partial charge in [-0.05, 0) is 31.9 Å². The summed E-state index contributed by atoms with van der Waals surface area (Å²) in [5.74, 6) is 0.843. The van der Waals surface area contributed by atoms with Gasteiger partial charge >= 0.3 is 0 Å². The molecule has 0 saturated heterocycles. The van der Waals surface area contributed by atoms with E-state index in [-0.39, 0.29) is 0 Å². The van der Waals surface area contributed by atoms with Crippen LogP contribution < -0.4 is 10.1 Å². The molecule has 3 rings (SSSR count). The van der Waals surface area contributed by atoms with E-state index in [9.17, 15) is 0 Å². The lowest BCUT2D eigenvalue weighted by molar-refractivity contribution is 0.419. The molecule has 0 unspecified atom stereocenters. The van der Waals surface area contributed by atoms with Gasteiger partial charge in [0.05, 0.1) is 7.11 Å². The third-order valence-electron chi connectivity index (χ3n) is 3.87. The van der Waals surface area contributed by atoms with Gasteiger partial charge in [0.15, 0.2) is 0 Å². The average Bonchev–Trinajstić information content (AvgIpc) is 2.91. The normalized spacial score (nSPS) is 15.9. The Bertz CT molecular complexity index is 589. The lowest BCUT2D eigenvalue weighted by atomic mass is 10.1. The Balaban J connectivity index is 2.07. The molecule has 0 amide bonds. The molecule has 1 heterocycles. The number of para-hydroxylation sites is 1. The molecule has 1 aromatic carbocycles. The van der Waals surface area contributed by atoms with Gasteiger partial charge in [-0.1, -0.05) is 25.0 Å². The van der Waals surface area contributed by atoms with Crippen LogP contribution in [0.1, 0.15) is 31.4 Å². The van der Waals surface area contributed by atoms with Gasteiger partial charge in [0, 0.05) is 22.8 Å². The summed E-state index contributed by atoms with van der Waals surface area (Å²) in [5, 5.41) is 4.83. The fraction of sp³-hybridized carbons (Fsp3) is 0.438. The van der Waals surface area contributed by atoms with Crippen LogP contribution in [-0.4, -0.2) is 18.1 Å². The van der Waals surface area contributed by atoms with Gasteiger partial charge in [-0.25, -0.2) is 4.98 Å². The first-order valence-electron chi connectivity index (χ1n) is 6.99. The van der Waals surface area contributed by atoms with E-state index >= 15 is 0 Å². The van der Waals surface area contributed by atoms with E-state index in [0.29, 0.717) is 6.04 Å². The maximum Gasteiger partial charge on any atom is 0.145 e. The van der Waals surface area contributed by atoms with E-state index in [0.717, 1.165) is 22.3 Å². The van der Waals surface area contributed by atoms with E-state index in [2.05, 4.69) is 22.4 Å². The van der Waals surface area contributed by atoms with Crippen molar-refractivity contribution in [2.75, 3.05) is 12.4 Å². The Morgan fingerprint density at radius 1 is 1.26 bits per heavy atom. The summed E-state index contributed by atoms with van der Waals surface area (Å²) in [7, 11) is 1.70. The van der Waals surface area contributed by atoms with Crippen molar-refractivity contribution >= 4 is 16.6 Å². The van der Waals surface area contributed by atoms with E-state index < -0.39 is 0 Å². The molecule has 0 spiro atoms. The summed E-state index contributed by atoms with van der Waals surface area (Å²) >= 11 is 0. The molecule has 1 aromatic heterocycles. The highest BCUT2D eigenvalue weighted by Gasteiger charge is 2.16. The summed E-state index contributed by atoms with van der Waals surface area (Å²) in [5.41, 5.74) is 3.16. The van der Waals surface area contributed by atoms with Gasteiger partial charge in [-0.3, -0.25) is 0 Å². The van der Waals surface area contributed by atoms with Gasteiger partial charge in [-0.2, -0.15) is 0 Å². The highest BCUT2D eigenvalue weighted by molar-refractivity contribution is 5.95. The maximum atomic E-state index is 5.42. The quantitative estimate of drug-likeness (QED) is 0.904. The zero-order chi connectivity index (χ0) is 13.2. The van der Waals surface area contributed by atoms with Crippen LogP contribution in [0.15, 0.2) is 24.3 Å². The Kier molecular flexibility index (Phi) is 3.28. The predicted octanol–water partition coefficient (Wildman–Crippen LogP) is 3.91. The molecule has 0 bridgehead atoms. The number of rotatable bonds is 3. The van der Waals surface area contributed by atoms with E-state index in [1.165, 1.54) is 31.4 Å². The molecule has 0 radical (unpaired) electrons. The molecular formula is C16H20N2O. The van der Waals surface area contributed by atoms with Gasteiger partial charge < -0.3 is 10.1 Å². The number of nitrogens with one attached hydrogen (secondary N) is 1. The highest BCUT2D eigenvalue weighted by atomic mass is 16.5. The Morgan fingerprint density at radius 2 is 2.05 bits per heavy atom. The van der Waals surface area contributed by atoms with Crippen molar-refractivity contribution in [3.05, 3.63) is 30.0 Å². The average molecular weight is 256 g/mol. The van der Waals surface area contributed by atoms with Crippen LogP contribution in [0.5, 0.6) is 5.75 Å². The molecule has 19 heavy (non-hydrogen) atoms. The number of hydrogen-bond acceptors (Lipinski definition) is 3. The minimum absolute atomic E-state index is 0.608. The second-order valence-corrected chi connectivity index (χ2v) is 5.29. The molecule has 1 saturated carbocycles. The zero-order valence-electron chi connectivity index (χ0n) is 11.6. The minimum Gasteiger partial charge on any atom is -0.494 e. The smallest absolute Gasteiger partial charge is 0.145 e. The number of aromatic nitrogens is 1.